The largest absolute Gasteiger partial charge is 0.492 e. The van der Waals surface area contributed by atoms with E-state index in [1.807, 2.05) is 0 Å². The second kappa shape index (κ2) is 11.6. The number of halogens is 2. The zero-order valence-electron chi connectivity index (χ0n) is 18.0. The molecule has 0 aliphatic rings. The predicted octanol–water partition coefficient (Wildman–Crippen LogP) is 4.37. The van der Waals surface area contributed by atoms with Crippen LogP contribution in [0.4, 0.5) is 14.5 Å². The minimum Gasteiger partial charge on any atom is -0.492 e. The first-order chi connectivity index (χ1) is 15.2. The SMILES string of the molecule is CCOc1ccc(NC(=O)/C=C/c2ccccc2OC(F)F)cc1S(=O)(=O)N(CC)CC. The highest BCUT2D eigenvalue weighted by Crippen LogP contribution is 2.30. The Morgan fingerprint density at radius 1 is 1.09 bits per heavy atom. The zero-order chi connectivity index (χ0) is 23.7. The van der Waals surface area contributed by atoms with Gasteiger partial charge in [0.1, 0.15) is 16.4 Å². The maximum absolute atomic E-state index is 13.0. The van der Waals surface area contributed by atoms with Crippen molar-refractivity contribution in [3.63, 3.8) is 0 Å². The van der Waals surface area contributed by atoms with Crippen LogP contribution in [0.3, 0.4) is 0 Å². The molecule has 1 N–H and O–H groups in total. The number of hydrogen-bond acceptors (Lipinski definition) is 5. The molecule has 0 fully saturated rings. The summed E-state index contributed by atoms with van der Waals surface area (Å²) in [7, 11) is -3.83. The maximum atomic E-state index is 13.0. The molecule has 0 saturated carbocycles. The molecule has 0 aliphatic carbocycles. The fourth-order valence-electron chi connectivity index (χ4n) is 2.94. The average Bonchev–Trinajstić information content (AvgIpc) is 2.74. The minimum atomic E-state index is -3.83. The Morgan fingerprint density at radius 2 is 1.78 bits per heavy atom. The van der Waals surface area contributed by atoms with Crippen molar-refractivity contribution in [1.29, 1.82) is 0 Å². The highest BCUT2D eigenvalue weighted by atomic mass is 32.2. The summed E-state index contributed by atoms with van der Waals surface area (Å²) in [5, 5.41) is 2.58. The molecule has 174 valence electrons. The summed E-state index contributed by atoms with van der Waals surface area (Å²) in [4.78, 5) is 12.3. The standard InChI is InChI=1S/C22H26F2N2O5S/c1-4-26(5-2)32(28,29)20-15-17(12-13-19(20)30-6-3)25-21(27)14-11-16-9-7-8-10-18(16)31-22(23)24/h7-15,22H,4-6H2,1-3H3,(H,25,27)/b14-11+. The Bertz CT molecular complexity index is 1050. The number of benzene rings is 2. The Morgan fingerprint density at radius 3 is 2.41 bits per heavy atom. The fraction of sp³-hybridized carbons (Fsp3) is 0.318. The lowest BCUT2D eigenvalue weighted by molar-refractivity contribution is -0.111. The van der Waals surface area contributed by atoms with Gasteiger partial charge in [0.25, 0.3) is 0 Å². The predicted molar refractivity (Wildman–Crippen MR) is 118 cm³/mol. The Balaban J connectivity index is 2.28. The highest BCUT2D eigenvalue weighted by molar-refractivity contribution is 7.89. The van der Waals surface area contributed by atoms with E-state index in [4.69, 9.17) is 4.74 Å². The number of nitrogens with one attached hydrogen (secondary N) is 1. The average molecular weight is 469 g/mol. The number of ether oxygens (including phenoxy) is 2. The molecule has 0 aliphatic heterocycles. The fourth-order valence-corrected chi connectivity index (χ4v) is 4.55. The zero-order valence-corrected chi connectivity index (χ0v) is 18.9. The van der Waals surface area contributed by atoms with E-state index in [-0.39, 0.29) is 41.8 Å². The second-order valence-corrected chi connectivity index (χ2v) is 8.33. The molecule has 0 radical (unpaired) electrons. The van der Waals surface area contributed by atoms with Gasteiger partial charge in [-0.3, -0.25) is 4.79 Å². The summed E-state index contributed by atoms with van der Waals surface area (Å²) in [5.41, 5.74) is 0.533. The summed E-state index contributed by atoms with van der Waals surface area (Å²) in [6, 6.07) is 10.4. The Labute approximate surface area is 186 Å². The quantitative estimate of drug-likeness (QED) is 0.495. The molecule has 0 bridgehead atoms. The van der Waals surface area contributed by atoms with Gasteiger partial charge in [-0.05, 0) is 37.3 Å². The van der Waals surface area contributed by atoms with E-state index < -0.39 is 22.5 Å². The topological polar surface area (TPSA) is 84.9 Å². The van der Waals surface area contributed by atoms with Crippen molar-refractivity contribution in [3.8, 4) is 11.5 Å². The van der Waals surface area contributed by atoms with Gasteiger partial charge in [0, 0.05) is 30.4 Å². The number of amides is 1. The van der Waals surface area contributed by atoms with Gasteiger partial charge in [-0.2, -0.15) is 13.1 Å². The van der Waals surface area contributed by atoms with Crippen molar-refractivity contribution < 1.29 is 31.5 Å². The molecular formula is C22H26F2N2O5S. The third-order valence-corrected chi connectivity index (χ3v) is 6.45. The molecule has 0 spiro atoms. The molecule has 0 unspecified atom stereocenters. The molecule has 1 amide bonds. The summed E-state index contributed by atoms with van der Waals surface area (Å²) < 4.78 is 62.3. The van der Waals surface area contributed by atoms with Crippen LogP contribution in [0.1, 0.15) is 26.3 Å². The van der Waals surface area contributed by atoms with Gasteiger partial charge in [0.05, 0.1) is 6.61 Å². The molecule has 7 nitrogen and oxygen atoms in total. The number of nitrogens with zero attached hydrogens (tertiary/aromatic N) is 1. The van der Waals surface area contributed by atoms with Crippen molar-refractivity contribution in [2.45, 2.75) is 32.3 Å². The van der Waals surface area contributed by atoms with Gasteiger partial charge < -0.3 is 14.8 Å². The first kappa shape index (κ1) is 25.3. The lowest BCUT2D eigenvalue weighted by atomic mass is 10.2. The molecule has 2 aromatic carbocycles. The normalized spacial score (nSPS) is 11.8. The number of para-hydroxylation sites is 1. The molecule has 0 atom stereocenters. The van der Waals surface area contributed by atoms with Crippen LogP contribution in [0.5, 0.6) is 11.5 Å². The minimum absolute atomic E-state index is 0.0551. The molecule has 0 heterocycles. The first-order valence-corrected chi connectivity index (χ1v) is 11.5. The van der Waals surface area contributed by atoms with Gasteiger partial charge in [0.2, 0.25) is 15.9 Å². The van der Waals surface area contributed by atoms with Gasteiger partial charge in [-0.1, -0.05) is 32.0 Å². The van der Waals surface area contributed by atoms with E-state index in [9.17, 15) is 22.0 Å². The van der Waals surface area contributed by atoms with Crippen LogP contribution in [0.25, 0.3) is 6.08 Å². The van der Waals surface area contributed by atoms with E-state index in [0.717, 1.165) is 6.08 Å². The van der Waals surface area contributed by atoms with Crippen molar-refractivity contribution in [3.05, 3.63) is 54.1 Å². The van der Waals surface area contributed by atoms with E-state index in [0.29, 0.717) is 5.56 Å². The molecule has 32 heavy (non-hydrogen) atoms. The van der Waals surface area contributed by atoms with Gasteiger partial charge >= 0.3 is 6.61 Å². The van der Waals surface area contributed by atoms with Crippen molar-refractivity contribution in [1.82, 2.24) is 4.31 Å². The Kier molecular flexibility index (Phi) is 9.15. The summed E-state index contributed by atoms with van der Waals surface area (Å²) in [6.45, 7) is 3.04. The molecule has 10 heteroatoms. The lowest BCUT2D eigenvalue weighted by Crippen LogP contribution is -2.31. The van der Waals surface area contributed by atoms with Crippen LogP contribution in [0, 0.1) is 0 Å². The third-order valence-electron chi connectivity index (χ3n) is 4.38. The summed E-state index contributed by atoms with van der Waals surface area (Å²) >= 11 is 0. The van der Waals surface area contributed by atoms with E-state index >= 15 is 0 Å². The van der Waals surface area contributed by atoms with Crippen LogP contribution in [0.2, 0.25) is 0 Å². The van der Waals surface area contributed by atoms with Crippen molar-refractivity contribution in [2.75, 3.05) is 25.0 Å². The van der Waals surface area contributed by atoms with E-state index in [1.165, 1.54) is 46.8 Å². The third kappa shape index (κ3) is 6.51. The van der Waals surface area contributed by atoms with E-state index in [1.54, 1.807) is 26.8 Å². The number of anilines is 1. The monoisotopic (exact) mass is 468 g/mol. The van der Waals surface area contributed by atoms with Gasteiger partial charge in [0.15, 0.2) is 0 Å². The number of rotatable bonds is 11. The lowest BCUT2D eigenvalue weighted by Gasteiger charge is -2.21. The molecule has 2 rings (SSSR count). The number of carbonyl (C=O) groups is 1. The maximum Gasteiger partial charge on any atom is 0.387 e. The number of sulfonamides is 1. The van der Waals surface area contributed by atoms with E-state index in [2.05, 4.69) is 10.1 Å². The second-order valence-electron chi connectivity index (χ2n) is 6.42. The van der Waals surface area contributed by atoms with Crippen molar-refractivity contribution >= 4 is 27.7 Å². The highest BCUT2D eigenvalue weighted by Gasteiger charge is 2.26. The van der Waals surface area contributed by atoms with Crippen molar-refractivity contribution in [2.24, 2.45) is 0 Å². The number of alkyl halides is 2. The van der Waals surface area contributed by atoms with Crippen LogP contribution < -0.4 is 14.8 Å². The first-order valence-electron chi connectivity index (χ1n) is 10.0. The van der Waals surface area contributed by atoms with Crippen LogP contribution in [-0.2, 0) is 14.8 Å². The Hall–Kier alpha value is -2.98. The molecule has 0 aromatic heterocycles. The van der Waals surface area contributed by atoms with Gasteiger partial charge in [-0.25, -0.2) is 8.42 Å². The molecule has 2 aromatic rings. The van der Waals surface area contributed by atoms with Gasteiger partial charge in [-0.15, -0.1) is 0 Å². The number of carbonyl (C=O) groups excluding carboxylic acids is 1. The summed E-state index contributed by atoms with van der Waals surface area (Å²) in [5.74, 6) is -0.460. The van der Waals surface area contributed by atoms with Crippen LogP contribution in [-0.4, -0.2) is 44.9 Å². The molecule has 0 saturated heterocycles. The smallest absolute Gasteiger partial charge is 0.387 e. The summed E-state index contributed by atoms with van der Waals surface area (Å²) in [6.07, 6.45) is 2.47. The molecular weight excluding hydrogens is 442 g/mol. The number of hydrogen-bond donors (Lipinski definition) is 1. The van der Waals surface area contributed by atoms with Crippen LogP contribution in [0.15, 0.2) is 53.4 Å². The van der Waals surface area contributed by atoms with Crippen LogP contribution >= 0.6 is 0 Å².